The number of nitrogens with zero attached hydrogens (tertiary/aromatic N) is 2. The second-order valence-electron chi connectivity index (χ2n) is 7.49. The molecule has 0 unspecified atom stereocenters. The summed E-state index contributed by atoms with van der Waals surface area (Å²) in [7, 11) is 0. The van der Waals surface area contributed by atoms with Crippen LogP contribution in [0, 0.1) is 0 Å². The fraction of sp³-hybridized carbons (Fsp3) is 0.0800. The Hall–Kier alpha value is -4.10. The molecule has 5 rings (SSSR count). The van der Waals surface area contributed by atoms with Gasteiger partial charge in [0.25, 0.3) is 0 Å². The first-order chi connectivity index (χ1) is 16.0. The molecular weight excluding hydrogens is 442 g/mol. The molecule has 2 aromatic heterocycles. The summed E-state index contributed by atoms with van der Waals surface area (Å²) < 4.78 is 8.12. The van der Waals surface area contributed by atoms with E-state index in [1.807, 2.05) is 12.1 Å². The summed E-state index contributed by atoms with van der Waals surface area (Å²) in [6, 6.07) is 22.8. The molecule has 0 spiro atoms. The van der Waals surface area contributed by atoms with Crippen molar-refractivity contribution in [2.75, 3.05) is 0 Å². The molecule has 0 saturated heterocycles. The van der Waals surface area contributed by atoms with Crippen molar-refractivity contribution in [2.24, 2.45) is 0 Å². The van der Waals surface area contributed by atoms with Crippen molar-refractivity contribution < 1.29 is 9.21 Å². The third-order valence-corrected chi connectivity index (χ3v) is 5.78. The summed E-state index contributed by atoms with van der Waals surface area (Å²) >= 11 is 6.17. The number of hydrogen-bond donors (Lipinski definition) is 1. The average Bonchev–Trinajstić information content (AvgIpc) is 3.22. The second kappa shape index (κ2) is 8.44. The van der Waals surface area contributed by atoms with Gasteiger partial charge in [-0.1, -0.05) is 60.1 Å². The SMILES string of the molecule is O=C(Cn1c(=O)n(-c2ccccc2)c(=O)c2oc3ccccc3c21)NCc1ccccc1Cl. The fourth-order valence-electron chi connectivity index (χ4n) is 3.84. The van der Waals surface area contributed by atoms with Gasteiger partial charge in [0.15, 0.2) is 0 Å². The van der Waals surface area contributed by atoms with E-state index in [2.05, 4.69) is 5.32 Å². The van der Waals surface area contributed by atoms with E-state index in [9.17, 15) is 14.4 Å². The highest BCUT2D eigenvalue weighted by molar-refractivity contribution is 6.31. The molecule has 0 saturated carbocycles. The van der Waals surface area contributed by atoms with E-state index in [1.54, 1.807) is 66.7 Å². The van der Waals surface area contributed by atoms with Crippen LogP contribution in [0.3, 0.4) is 0 Å². The Morgan fingerprint density at radius 2 is 1.61 bits per heavy atom. The van der Waals surface area contributed by atoms with Crippen molar-refractivity contribution in [3.63, 3.8) is 0 Å². The van der Waals surface area contributed by atoms with E-state index >= 15 is 0 Å². The first-order valence-corrected chi connectivity index (χ1v) is 10.6. The minimum absolute atomic E-state index is 0.0126. The molecule has 0 fully saturated rings. The maximum Gasteiger partial charge on any atom is 0.336 e. The van der Waals surface area contributed by atoms with E-state index in [-0.39, 0.29) is 18.7 Å². The summed E-state index contributed by atoms with van der Waals surface area (Å²) in [6.07, 6.45) is 0. The first-order valence-electron chi connectivity index (χ1n) is 10.3. The van der Waals surface area contributed by atoms with E-state index < -0.39 is 17.2 Å². The highest BCUT2D eigenvalue weighted by Crippen LogP contribution is 2.25. The lowest BCUT2D eigenvalue weighted by Crippen LogP contribution is -2.41. The van der Waals surface area contributed by atoms with Crippen molar-refractivity contribution in [1.82, 2.24) is 14.5 Å². The van der Waals surface area contributed by atoms with Crippen LogP contribution < -0.4 is 16.6 Å². The zero-order valence-corrected chi connectivity index (χ0v) is 18.1. The largest absolute Gasteiger partial charge is 0.449 e. The minimum Gasteiger partial charge on any atom is -0.449 e. The van der Waals surface area contributed by atoms with Gasteiger partial charge in [-0.25, -0.2) is 9.36 Å². The summed E-state index contributed by atoms with van der Waals surface area (Å²) in [5.41, 5.74) is 0.704. The average molecular weight is 460 g/mol. The van der Waals surface area contributed by atoms with Gasteiger partial charge < -0.3 is 9.73 Å². The van der Waals surface area contributed by atoms with Crippen molar-refractivity contribution in [1.29, 1.82) is 0 Å². The predicted molar refractivity (Wildman–Crippen MR) is 127 cm³/mol. The van der Waals surface area contributed by atoms with Crippen molar-refractivity contribution in [3.05, 3.63) is 110 Å². The molecule has 8 heteroatoms. The Bertz CT molecular complexity index is 1620. The van der Waals surface area contributed by atoms with Crippen LogP contribution in [0.1, 0.15) is 5.56 Å². The zero-order valence-electron chi connectivity index (χ0n) is 17.3. The Kier molecular flexibility index (Phi) is 5.32. The molecule has 1 N–H and O–H groups in total. The highest BCUT2D eigenvalue weighted by atomic mass is 35.5. The zero-order chi connectivity index (χ0) is 22.9. The van der Waals surface area contributed by atoms with Gasteiger partial charge in [-0.05, 0) is 35.9 Å². The quantitative estimate of drug-likeness (QED) is 0.432. The Balaban J connectivity index is 1.64. The van der Waals surface area contributed by atoms with Crippen molar-refractivity contribution >= 4 is 39.6 Å². The number of halogens is 1. The van der Waals surface area contributed by atoms with Gasteiger partial charge in [0.1, 0.15) is 17.6 Å². The number of fused-ring (bicyclic) bond motifs is 3. The summed E-state index contributed by atoms with van der Waals surface area (Å²) in [6.45, 7) is -0.0860. The van der Waals surface area contributed by atoms with Crippen LogP contribution >= 0.6 is 11.6 Å². The van der Waals surface area contributed by atoms with Gasteiger partial charge in [0.2, 0.25) is 11.5 Å². The second-order valence-corrected chi connectivity index (χ2v) is 7.90. The molecule has 164 valence electrons. The van der Waals surface area contributed by atoms with Gasteiger partial charge in [-0.3, -0.25) is 14.2 Å². The number of carbonyl (C=O) groups is 1. The number of para-hydroxylation sites is 2. The van der Waals surface area contributed by atoms with Crippen LogP contribution in [-0.2, 0) is 17.9 Å². The maximum absolute atomic E-state index is 13.5. The van der Waals surface area contributed by atoms with E-state index in [0.29, 0.717) is 27.2 Å². The van der Waals surface area contributed by atoms with Crippen LogP contribution in [0.4, 0.5) is 0 Å². The summed E-state index contributed by atoms with van der Waals surface area (Å²) in [5, 5.41) is 3.92. The molecule has 1 amide bonds. The molecule has 33 heavy (non-hydrogen) atoms. The monoisotopic (exact) mass is 459 g/mol. The Morgan fingerprint density at radius 3 is 2.39 bits per heavy atom. The molecule has 0 atom stereocenters. The van der Waals surface area contributed by atoms with E-state index in [1.165, 1.54) is 4.57 Å². The van der Waals surface area contributed by atoms with Crippen LogP contribution in [0.5, 0.6) is 0 Å². The molecular formula is C25H18ClN3O4. The molecule has 0 aliphatic heterocycles. The van der Waals surface area contributed by atoms with Crippen molar-refractivity contribution in [3.8, 4) is 5.69 Å². The van der Waals surface area contributed by atoms with Gasteiger partial charge in [0, 0.05) is 17.0 Å². The number of amides is 1. The predicted octanol–water partition coefficient (Wildman–Crippen LogP) is 3.87. The van der Waals surface area contributed by atoms with Crippen LogP contribution in [0.2, 0.25) is 5.02 Å². The van der Waals surface area contributed by atoms with Gasteiger partial charge >= 0.3 is 11.2 Å². The van der Waals surface area contributed by atoms with Crippen molar-refractivity contribution in [2.45, 2.75) is 13.1 Å². The molecule has 0 aliphatic rings. The topological polar surface area (TPSA) is 86.2 Å². The number of furan rings is 1. The fourth-order valence-corrected chi connectivity index (χ4v) is 4.04. The number of rotatable bonds is 5. The normalized spacial score (nSPS) is 11.2. The first kappa shape index (κ1) is 20.8. The third-order valence-electron chi connectivity index (χ3n) is 5.41. The lowest BCUT2D eigenvalue weighted by molar-refractivity contribution is -0.121. The Labute approximate surface area is 192 Å². The molecule has 3 aromatic carbocycles. The molecule has 0 bridgehead atoms. The van der Waals surface area contributed by atoms with Gasteiger partial charge in [-0.15, -0.1) is 0 Å². The van der Waals surface area contributed by atoms with E-state index in [4.69, 9.17) is 16.0 Å². The number of hydrogen-bond acceptors (Lipinski definition) is 4. The standard InChI is InChI=1S/C25H18ClN3O4/c26-19-12-6-4-8-16(19)14-27-21(30)15-28-22-18-11-5-7-13-20(18)33-23(22)24(31)29(25(28)32)17-9-2-1-3-10-17/h1-13H,14-15H2,(H,27,30). The molecule has 0 aliphatic carbocycles. The lowest BCUT2D eigenvalue weighted by atomic mass is 10.2. The molecule has 0 radical (unpaired) electrons. The number of carbonyl (C=O) groups excluding carboxylic acids is 1. The summed E-state index contributed by atoms with van der Waals surface area (Å²) in [5.74, 6) is -0.401. The van der Waals surface area contributed by atoms with E-state index in [0.717, 1.165) is 10.1 Å². The molecule has 5 aromatic rings. The minimum atomic E-state index is -0.627. The maximum atomic E-state index is 13.5. The molecule has 2 heterocycles. The lowest BCUT2D eigenvalue weighted by Gasteiger charge is -2.12. The summed E-state index contributed by atoms with van der Waals surface area (Å²) in [4.78, 5) is 39.6. The van der Waals surface area contributed by atoms with Gasteiger partial charge in [0.05, 0.1) is 5.69 Å². The number of aromatic nitrogens is 2. The van der Waals surface area contributed by atoms with Crippen LogP contribution in [-0.4, -0.2) is 15.0 Å². The van der Waals surface area contributed by atoms with Crippen LogP contribution in [0.15, 0.2) is 92.9 Å². The highest BCUT2D eigenvalue weighted by Gasteiger charge is 2.22. The number of benzene rings is 3. The Morgan fingerprint density at radius 1 is 0.909 bits per heavy atom. The number of nitrogens with one attached hydrogen (secondary N) is 1. The van der Waals surface area contributed by atoms with Crippen LogP contribution in [0.25, 0.3) is 27.8 Å². The third kappa shape index (κ3) is 3.72. The smallest absolute Gasteiger partial charge is 0.336 e. The molecule has 7 nitrogen and oxygen atoms in total. The van der Waals surface area contributed by atoms with Gasteiger partial charge in [-0.2, -0.15) is 0 Å².